The van der Waals surface area contributed by atoms with E-state index >= 15 is 0 Å². The second-order valence-corrected chi connectivity index (χ2v) is 9.79. The average Bonchev–Trinajstić information content (AvgIpc) is 3.32. The molecule has 6 nitrogen and oxygen atoms in total. The van der Waals surface area contributed by atoms with Gasteiger partial charge in [-0.05, 0) is 37.1 Å². The molecule has 34 heavy (non-hydrogen) atoms. The quantitative estimate of drug-likeness (QED) is 0.503. The highest BCUT2D eigenvalue weighted by Crippen LogP contribution is 2.32. The first-order chi connectivity index (χ1) is 16.5. The van der Waals surface area contributed by atoms with E-state index in [4.69, 9.17) is 16.3 Å². The van der Waals surface area contributed by atoms with E-state index in [2.05, 4.69) is 4.98 Å². The third-order valence-electron chi connectivity index (χ3n) is 6.23. The van der Waals surface area contributed by atoms with E-state index in [9.17, 15) is 14.0 Å². The van der Waals surface area contributed by atoms with Gasteiger partial charge in [0.15, 0.2) is 0 Å². The van der Waals surface area contributed by atoms with E-state index in [-0.39, 0.29) is 34.4 Å². The number of ether oxygens (including phenoxy) is 1. The van der Waals surface area contributed by atoms with Crippen LogP contribution >= 0.6 is 22.9 Å². The molecule has 9 heteroatoms. The van der Waals surface area contributed by atoms with Crippen LogP contribution in [-0.2, 0) is 0 Å². The Bertz CT molecular complexity index is 1170. The number of hydrogen-bond donors (Lipinski definition) is 0. The molecule has 0 atom stereocenters. The third-order valence-corrected chi connectivity index (χ3v) is 7.55. The third kappa shape index (κ3) is 4.65. The van der Waals surface area contributed by atoms with Gasteiger partial charge in [0.05, 0.1) is 28.7 Å². The van der Waals surface area contributed by atoms with Gasteiger partial charge in [-0.15, -0.1) is 11.3 Å². The van der Waals surface area contributed by atoms with Gasteiger partial charge in [0, 0.05) is 24.4 Å². The molecule has 0 radical (unpaired) electrons. The SMILES string of the molecule is O=C(c1csc(C2CCN(C(=O)c3c(F)cccc3Cl)CC2)n1)N1CC(Oc2ccccc2)C1. The van der Waals surface area contributed by atoms with Crippen molar-refractivity contribution in [2.45, 2.75) is 24.9 Å². The monoisotopic (exact) mass is 499 g/mol. The van der Waals surface area contributed by atoms with Gasteiger partial charge in [-0.2, -0.15) is 0 Å². The van der Waals surface area contributed by atoms with E-state index in [1.165, 1.54) is 29.5 Å². The molecule has 176 valence electrons. The van der Waals surface area contributed by atoms with Crippen molar-refractivity contribution in [3.8, 4) is 5.75 Å². The lowest BCUT2D eigenvalue weighted by Gasteiger charge is -2.38. The molecular formula is C25H23ClFN3O3S. The van der Waals surface area contributed by atoms with Crippen LogP contribution in [0.15, 0.2) is 53.9 Å². The molecule has 2 saturated heterocycles. The van der Waals surface area contributed by atoms with Crippen molar-refractivity contribution < 1.29 is 18.7 Å². The number of piperidine rings is 1. The summed E-state index contributed by atoms with van der Waals surface area (Å²) in [6.07, 6.45) is 1.40. The second kappa shape index (κ2) is 9.72. The van der Waals surface area contributed by atoms with Gasteiger partial charge < -0.3 is 14.5 Å². The normalized spacial score (nSPS) is 16.9. The fourth-order valence-electron chi connectivity index (χ4n) is 4.30. The second-order valence-electron chi connectivity index (χ2n) is 8.50. The largest absolute Gasteiger partial charge is 0.487 e. The smallest absolute Gasteiger partial charge is 0.273 e. The number of aromatic nitrogens is 1. The Morgan fingerprint density at radius 3 is 2.44 bits per heavy atom. The summed E-state index contributed by atoms with van der Waals surface area (Å²) in [7, 11) is 0. The van der Waals surface area contributed by atoms with Crippen LogP contribution in [0.2, 0.25) is 5.02 Å². The van der Waals surface area contributed by atoms with E-state index in [1.54, 1.807) is 15.2 Å². The highest BCUT2D eigenvalue weighted by Gasteiger charge is 2.35. The topological polar surface area (TPSA) is 62.7 Å². The summed E-state index contributed by atoms with van der Waals surface area (Å²) in [4.78, 5) is 33.5. The molecule has 2 aliphatic heterocycles. The molecule has 3 aromatic rings. The van der Waals surface area contributed by atoms with Gasteiger partial charge in [0.25, 0.3) is 11.8 Å². The van der Waals surface area contributed by atoms with Crippen molar-refractivity contribution in [2.24, 2.45) is 0 Å². The minimum Gasteiger partial charge on any atom is -0.487 e. The molecule has 0 spiro atoms. The number of rotatable bonds is 5. The Morgan fingerprint density at radius 2 is 1.74 bits per heavy atom. The number of halogens is 2. The van der Waals surface area contributed by atoms with Crippen LogP contribution in [0.3, 0.4) is 0 Å². The van der Waals surface area contributed by atoms with Gasteiger partial charge in [0.1, 0.15) is 23.4 Å². The maximum atomic E-state index is 14.1. The first-order valence-electron chi connectivity index (χ1n) is 11.2. The maximum Gasteiger partial charge on any atom is 0.273 e. The van der Waals surface area contributed by atoms with Crippen molar-refractivity contribution in [2.75, 3.05) is 26.2 Å². The van der Waals surface area contributed by atoms with Crippen molar-refractivity contribution in [3.05, 3.63) is 81.0 Å². The molecule has 0 aliphatic carbocycles. The number of hydrogen-bond acceptors (Lipinski definition) is 5. The van der Waals surface area contributed by atoms with E-state index in [0.29, 0.717) is 44.7 Å². The lowest BCUT2D eigenvalue weighted by Crippen LogP contribution is -2.56. The highest BCUT2D eigenvalue weighted by atomic mass is 35.5. The first kappa shape index (κ1) is 22.8. The van der Waals surface area contributed by atoms with Crippen LogP contribution in [0.5, 0.6) is 5.75 Å². The maximum absolute atomic E-state index is 14.1. The summed E-state index contributed by atoms with van der Waals surface area (Å²) in [5.74, 6) is -0.112. The van der Waals surface area contributed by atoms with Gasteiger partial charge in [-0.25, -0.2) is 9.37 Å². The molecule has 0 unspecified atom stereocenters. The zero-order valence-corrected chi connectivity index (χ0v) is 19.9. The predicted octanol–water partition coefficient (Wildman–Crippen LogP) is 4.86. The van der Waals surface area contributed by atoms with Gasteiger partial charge >= 0.3 is 0 Å². The molecule has 0 bridgehead atoms. The standard InChI is InChI=1S/C25H23ClFN3O3S/c26-19-7-4-8-20(27)22(19)25(32)29-11-9-16(10-12-29)23-28-21(15-34-23)24(31)30-13-18(14-30)33-17-5-2-1-3-6-17/h1-8,15-16,18H,9-14H2. The van der Waals surface area contributed by atoms with Crippen molar-refractivity contribution in [1.82, 2.24) is 14.8 Å². The molecule has 2 aliphatic rings. The zero-order valence-electron chi connectivity index (χ0n) is 18.3. The Hall–Kier alpha value is -2.97. The molecule has 2 fully saturated rings. The number of nitrogens with zero attached hydrogens (tertiary/aromatic N) is 3. The summed E-state index contributed by atoms with van der Waals surface area (Å²) in [5.41, 5.74) is 0.378. The zero-order chi connectivity index (χ0) is 23.7. The molecule has 1 aromatic heterocycles. The number of likely N-dealkylation sites (tertiary alicyclic amines) is 2. The minimum atomic E-state index is -0.606. The molecule has 0 saturated carbocycles. The van der Waals surface area contributed by atoms with Crippen LogP contribution in [0.25, 0.3) is 0 Å². The highest BCUT2D eigenvalue weighted by molar-refractivity contribution is 7.09. The summed E-state index contributed by atoms with van der Waals surface area (Å²) in [6, 6.07) is 13.8. The summed E-state index contributed by atoms with van der Waals surface area (Å²) >= 11 is 7.53. The number of carbonyl (C=O) groups excluding carboxylic acids is 2. The molecule has 2 amide bonds. The average molecular weight is 500 g/mol. The molecule has 5 rings (SSSR count). The number of benzene rings is 2. The minimum absolute atomic E-state index is 0.00530. The summed E-state index contributed by atoms with van der Waals surface area (Å²) in [5, 5.41) is 2.83. The fourth-order valence-corrected chi connectivity index (χ4v) is 5.50. The van der Waals surface area contributed by atoms with E-state index in [0.717, 1.165) is 10.8 Å². The van der Waals surface area contributed by atoms with Crippen LogP contribution in [0, 0.1) is 5.82 Å². The molecule has 2 aromatic carbocycles. The van der Waals surface area contributed by atoms with Crippen molar-refractivity contribution in [1.29, 1.82) is 0 Å². The van der Waals surface area contributed by atoms with Gasteiger partial charge in [-0.1, -0.05) is 35.9 Å². The Labute approximate surface area is 205 Å². The Balaban J connectivity index is 1.14. The molecule has 0 N–H and O–H groups in total. The van der Waals surface area contributed by atoms with Gasteiger partial charge in [0.2, 0.25) is 0 Å². The summed E-state index contributed by atoms with van der Waals surface area (Å²) < 4.78 is 20.0. The lowest BCUT2D eigenvalue weighted by atomic mass is 9.97. The number of carbonyl (C=O) groups is 2. The molecule has 3 heterocycles. The number of thiazole rings is 1. The Morgan fingerprint density at radius 1 is 1.00 bits per heavy atom. The van der Waals surface area contributed by atoms with Crippen molar-refractivity contribution >= 4 is 34.8 Å². The van der Waals surface area contributed by atoms with Gasteiger partial charge in [-0.3, -0.25) is 9.59 Å². The first-order valence-corrected chi connectivity index (χ1v) is 12.4. The van der Waals surface area contributed by atoms with Crippen LogP contribution in [0.4, 0.5) is 4.39 Å². The Kier molecular flexibility index (Phi) is 6.52. The number of para-hydroxylation sites is 1. The lowest BCUT2D eigenvalue weighted by molar-refractivity contribution is 0.0174. The fraction of sp³-hybridized carbons (Fsp3) is 0.320. The number of amides is 2. The van der Waals surface area contributed by atoms with E-state index in [1.807, 2.05) is 30.3 Å². The van der Waals surface area contributed by atoms with E-state index < -0.39 is 5.82 Å². The van der Waals surface area contributed by atoms with Crippen LogP contribution in [-0.4, -0.2) is 58.9 Å². The van der Waals surface area contributed by atoms with Crippen molar-refractivity contribution in [3.63, 3.8) is 0 Å². The molecular weight excluding hydrogens is 477 g/mol. The summed E-state index contributed by atoms with van der Waals surface area (Å²) in [6.45, 7) is 2.06. The van der Waals surface area contributed by atoms with Crippen LogP contribution in [0.1, 0.15) is 44.6 Å². The predicted molar refractivity (Wildman–Crippen MR) is 128 cm³/mol. The van der Waals surface area contributed by atoms with Crippen LogP contribution < -0.4 is 4.74 Å².